The van der Waals surface area contributed by atoms with Gasteiger partial charge >= 0.3 is 5.97 Å². The number of rotatable bonds is 4. The van der Waals surface area contributed by atoms with Crippen LogP contribution in [0, 0.1) is 0 Å². The molecule has 0 saturated carbocycles. The molecule has 21 heavy (non-hydrogen) atoms. The van der Waals surface area contributed by atoms with Gasteiger partial charge in [-0.1, -0.05) is 12.1 Å². The number of carboxylic acid groups (broad SMARTS) is 1. The fourth-order valence-electron chi connectivity index (χ4n) is 2.35. The highest BCUT2D eigenvalue weighted by atomic mass is 32.2. The molecule has 1 aromatic rings. The van der Waals surface area contributed by atoms with E-state index in [1.54, 1.807) is 23.1 Å². The number of sulfonamides is 1. The summed E-state index contributed by atoms with van der Waals surface area (Å²) in [7, 11) is -0.681. The molecule has 0 aromatic heterocycles. The van der Waals surface area contributed by atoms with Gasteiger partial charge in [-0.3, -0.25) is 4.79 Å². The summed E-state index contributed by atoms with van der Waals surface area (Å²) in [6.07, 6.45) is 0.276. The van der Waals surface area contributed by atoms with Gasteiger partial charge in [0.2, 0.25) is 10.0 Å². The van der Waals surface area contributed by atoms with Crippen molar-refractivity contribution in [3.8, 4) is 0 Å². The maximum Gasteiger partial charge on any atom is 0.325 e. The lowest BCUT2D eigenvalue weighted by Crippen LogP contribution is -2.50. The summed E-state index contributed by atoms with van der Waals surface area (Å²) in [6.45, 7) is 0.491. The van der Waals surface area contributed by atoms with Crippen molar-refractivity contribution in [2.75, 3.05) is 32.1 Å². The van der Waals surface area contributed by atoms with Gasteiger partial charge < -0.3 is 15.7 Å². The van der Waals surface area contributed by atoms with Gasteiger partial charge in [-0.05, 0) is 18.6 Å². The van der Waals surface area contributed by atoms with Crippen LogP contribution < -0.4 is 10.6 Å². The van der Waals surface area contributed by atoms with Crippen molar-refractivity contribution in [1.29, 1.82) is 0 Å². The highest BCUT2D eigenvalue weighted by Gasteiger charge is 2.42. The van der Waals surface area contributed by atoms with Crippen LogP contribution in [0.25, 0.3) is 0 Å². The molecule has 1 heterocycles. The second-order valence-corrected chi connectivity index (χ2v) is 7.51. The van der Waals surface area contributed by atoms with E-state index in [0.29, 0.717) is 12.2 Å². The number of nitrogens with two attached hydrogens (primary N) is 1. The van der Waals surface area contributed by atoms with Gasteiger partial charge in [0.25, 0.3) is 0 Å². The third-order valence-corrected chi connectivity index (χ3v) is 5.55. The van der Waals surface area contributed by atoms with Gasteiger partial charge in [-0.15, -0.1) is 0 Å². The number of nitrogens with zero attached hydrogens (tertiary/aromatic N) is 2. The summed E-state index contributed by atoms with van der Waals surface area (Å²) >= 11 is 0. The van der Waals surface area contributed by atoms with Gasteiger partial charge in [0.05, 0.1) is 5.69 Å². The van der Waals surface area contributed by atoms with Crippen molar-refractivity contribution in [1.82, 2.24) is 4.31 Å². The number of carboxylic acids is 1. The Morgan fingerprint density at radius 1 is 1.38 bits per heavy atom. The monoisotopic (exact) mass is 313 g/mol. The number of hydrogen-bond donors (Lipinski definition) is 2. The highest BCUT2D eigenvalue weighted by Crippen LogP contribution is 2.31. The molecule has 2 rings (SSSR count). The molecule has 0 spiro atoms. The third kappa shape index (κ3) is 2.74. The zero-order valence-corrected chi connectivity index (χ0v) is 12.8. The molecule has 1 fully saturated rings. The molecule has 0 aliphatic carbocycles. The van der Waals surface area contributed by atoms with Crippen molar-refractivity contribution in [2.45, 2.75) is 16.9 Å². The van der Waals surface area contributed by atoms with Crippen molar-refractivity contribution in [3.05, 3.63) is 24.3 Å². The van der Waals surface area contributed by atoms with Gasteiger partial charge in [0.1, 0.15) is 10.4 Å². The largest absolute Gasteiger partial charge is 0.480 e. The number of benzene rings is 1. The van der Waals surface area contributed by atoms with E-state index < -0.39 is 21.5 Å². The van der Waals surface area contributed by atoms with Crippen LogP contribution in [-0.4, -0.2) is 56.5 Å². The fourth-order valence-corrected chi connectivity index (χ4v) is 3.45. The average molecular weight is 313 g/mol. The van der Waals surface area contributed by atoms with Crippen molar-refractivity contribution in [2.24, 2.45) is 5.73 Å². The Hall–Kier alpha value is -1.64. The molecule has 116 valence electrons. The van der Waals surface area contributed by atoms with Crippen LogP contribution in [0.3, 0.4) is 0 Å². The van der Waals surface area contributed by atoms with Crippen LogP contribution in [0.5, 0.6) is 0 Å². The maximum atomic E-state index is 12.4. The molecule has 1 unspecified atom stereocenters. The molecule has 3 N–H and O–H groups in total. The molecular formula is C13H19N3O4S. The van der Waals surface area contributed by atoms with Gasteiger partial charge in [0, 0.05) is 27.2 Å². The molecule has 0 bridgehead atoms. The predicted molar refractivity (Wildman–Crippen MR) is 78.7 cm³/mol. The van der Waals surface area contributed by atoms with Crippen LogP contribution >= 0.6 is 0 Å². The zero-order chi connectivity index (χ0) is 15.8. The Morgan fingerprint density at radius 3 is 2.52 bits per heavy atom. The minimum absolute atomic E-state index is 0.0856. The quantitative estimate of drug-likeness (QED) is 0.806. The lowest BCUT2D eigenvalue weighted by Gasteiger charge is -2.24. The molecule has 1 aliphatic rings. The van der Waals surface area contributed by atoms with E-state index in [1.807, 2.05) is 0 Å². The van der Waals surface area contributed by atoms with Crippen molar-refractivity contribution < 1.29 is 18.3 Å². The molecule has 8 heteroatoms. The number of carbonyl (C=O) groups is 1. The fraction of sp³-hybridized carbons (Fsp3) is 0.462. The van der Waals surface area contributed by atoms with E-state index in [-0.39, 0.29) is 17.9 Å². The molecule has 0 radical (unpaired) electrons. The first-order valence-corrected chi connectivity index (χ1v) is 7.91. The van der Waals surface area contributed by atoms with Crippen LogP contribution in [0.15, 0.2) is 29.2 Å². The minimum atomic E-state index is -3.60. The second kappa shape index (κ2) is 5.28. The Bertz CT molecular complexity index is 659. The van der Waals surface area contributed by atoms with E-state index in [1.165, 1.54) is 20.2 Å². The average Bonchev–Trinajstić information content (AvgIpc) is 2.82. The molecule has 1 atom stereocenters. The summed E-state index contributed by atoms with van der Waals surface area (Å²) in [5.74, 6) is -1.07. The molecule has 1 aliphatic heterocycles. The zero-order valence-electron chi connectivity index (χ0n) is 12.0. The summed E-state index contributed by atoms with van der Waals surface area (Å²) in [4.78, 5) is 13.1. The van der Waals surface area contributed by atoms with Gasteiger partial charge in [-0.2, -0.15) is 0 Å². The molecule has 1 saturated heterocycles. The van der Waals surface area contributed by atoms with Crippen LogP contribution in [-0.2, 0) is 14.8 Å². The standard InChI is InChI=1S/C13H19N3O4S/c1-15(2)21(19,20)11-6-4-3-5-10(11)16-8-7-13(14,9-16)12(17)18/h3-6H,7-9,14H2,1-2H3,(H,17,18). The van der Waals surface area contributed by atoms with Crippen LogP contribution in [0.4, 0.5) is 5.69 Å². The maximum absolute atomic E-state index is 12.4. The second-order valence-electron chi connectivity index (χ2n) is 5.39. The van der Waals surface area contributed by atoms with Gasteiger partial charge in [0.15, 0.2) is 0 Å². The summed E-state index contributed by atoms with van der Waals surface area (Å²) < 4.78 is 25.8. The Labute approximate surface area is 124 Å². The predicted octanol–water partition coefficient (Wildman–Crippen LogP) is -0.0709. The highest BCUT2D eigenvalue weighted by molar-refractivity contribution is 7.89. The van der Waals surface area contributed by atoms with E-state index in [2.05, 4.69) is 0 Å². The number of anilines is 1. The van der Waals surface area contributed by atoms with E-state index in [0.717, 1.165) is 4.31 Å². The summed E-state index contributed by atoms with van der Waals surface area (Å²) in [6, 6.07) is 6.55. The molecule has 7 nitrogen and oxygen atoms in total. The normalized spacial score (nSPS) is 22.8. The topological polar surface area (TPSA) is 104 Å². The van der Waals surface area contributed by atoms with Crippen molar-refractivity contribution >= 4 is 21.7 Å². The summed E-state index contributed by atoms with van der Waals surface area (Å²) in [5.41, 5.74) is 5.00. The lowest BCUT2D eigenvalue weighted by molar-refractivity contribution is -0.142. The number of para-hydroxylation sites is 1. The Balaban J connectivity index is 2.42. The molecule has 1 aromatic carbocycles. The van der Waals surface area contributed by atoms with E-state index in [9.17, 15) is 18.3 Å². The van der Waals surface area contributed by atoms with E-state index >= 15 is 0 Å². The molecular weight excluding hydrogens is 294 g/mol. The first kappa shape index (κ1) is 15.7. The lowest BCUT2D eigenvalue weighted by atomic mass is 10.0. The molecule has 0 amide bonds. The first-order valence-electron chi connectivity index (χ1n) is 6.47. The van der Waals surface area contributed by atoms with Gasteiger partial charge in [-0.25, -0.2) is 12.7 Å². The third-order valence-electron chi connectivity index (χ3n) is 3.69. The summed E-state index contributed by atoms with van der Waals surface area (Å²) in [5, 5.41) is 9.18. The van der Waals surface area contributed by atoms with Crippen molar-refractivity contribution in [3.63, 3.8) is 0 Å². The van der Waals surface area contributed by atoms with Crippen LogP contribution in [0.2, 0.25) is 0 Å². The Kier molecular flexibility index (Phi) is 3.96. The Morgan fingerprint density at radius 2 is 2.00 bits per heavy atom. The van der Waals surface area contributed by atoms with E-state index in [4.69, 9.17) is 5.73 Å². The smallest absolute Gasteiger partial charge is 0.325 e. The first-order chi connectivity index (χ1) is 9.68. The number of aliphatic carboxylic acids is 1. The minimum Gasteiger partial charge on any atom is -0.480 e. The number of hydrogen-bond acceptors (Lipinski definition) is 5. The SMILES string of the molecule is CN(C)S(=O)(=O)c1ccccc1N1CCC(N)(C(=O)O)C1. The van der Waals surface area contributed by atoms with Crippen LogP contribution in [0.1, 0.15) is 6.42 Å².